The Balaban J connectivity index is 1.75. The van der Waals surface area contributed by atoms with E-state index in [2.05, 4.69) is 31.9 Å². The van der Waals surface area contributed by atoms with Crippen LogP contribution in [-0.2, 0) is 0 Å². The normalized spacial score (nSPS) is 10.8. The SMILES string of the molecule is CN(CCC(=O)c1ccc(Br)cc1)CCC(=O)c1ccc(Br)cc1. The summed E-state index contributed by atoms with van der Waals surface area (Å²) in [5.41, 5.74) is 1.44. The molecule has 0 spiro atoms. The molecule has 0 heterocycles. The van der Waals surface area contributed by atoms with Crippen LogP contribution in [0.3, 0.4) is 0 Å². The predicted molar refractivity (Wildman–Crippen MR) is 104 cm³/mol. The van der Waals surface area contributed by atoms with Crippen LogP contribution in [0, 0.1) is 0 Å². The number of Topliss-reactive ketones (excluding diaryl/α,β-unsaturated/α-hetero) is 2. The highest BCUT2D eigenvalue weighted by atomic mass is 79.9. The van der Waals surface area contributed by atoms with E-state index >= 15 is 0 Å². The molecule has 2 aromatic carbocycles. The summed E-state index contributed by atoms with van der Waals surface area (Å²) in [7, 11) is 1.93. The van der Waals surface area contributed by atoms with Crippen LogP contribution in [0.15, 0.2) is 57.5 Å². The van der Waals surface area contributed by atoms with Gasteiger partial charge in [-0.1, -0.05) is 56.1 Å². The van der Waals surface area contributed by atoms with Gasteiger partial charge in [0.2, 0.25) is 0 Å². The number of carbonyl (C=O) groups is 2. The first-order chi connectivity index (χ1) is 11.5. The number of rotatable bonds is 8. The Labute approximate surface area is 159 Å². The molecular formula is C19H19Br2NO2. The zero-order valence-corrected chi connectivity index (χ0v) is 16.6. The highest BCUT2D eigenvalue weighted by molar-refractivity contribution is 9.10. The zero-order valence-electron chi connectivity index (χ0n) is 13.5. The van der Waals surface area contributed by atoms with Crippen LogP contribution < -0.4 is 0 Å². The fourth-order valence-corrected chi connectivity index (χ4v) is 2.79. The van der Waals surface area contributed by atoms with E-state index in [-0.39, 0.29) is 11.6 Å². The lowest BCUT2D eigenvalue weighted by Crippen LogP contribution is -2.24. The number of ketones is 2. The van der Waals surface area contributed by atoms with Crippen LogP contribution in [0.5, 0.6) is 0 Å². The molecule has 0 saturated heterocycles. The molecule has 0 bridgehead atoms. The van der Waals surface area contributed by atoms with E-state index in [0.29, 0.717) is 25.9 Å². The van der Waals surface area contributed by atoms with Crippen molar-refractivity contribution in [2.24, 2.45) is 0 Å². The second kappa shape index (κ2) is 9.25. The van der Waals surface area contributed by atoms with Gasteiger partial charge in [-0.05, 0) is 31.3 Å². The molecule has 0 amide bonds. The average molecular weight is 453 g/mol. The molecule has 0 saturated carbocycles. The summed E-state index contributed by atoms with van der Waals surface area (Å²) in [4.78, 5) is 26.3. The van der Waals surface area contributed by atoms with Crippen LogP contribution in [0.25, 0.3) is 0 Å². The maximum Gasteiger partial charge on any atom is 0.164 e. The number of halogens is 2. The van der Waals surface area contributed by atoms with Crippen molar-refractivity contribution in [3.63, 3.8) is 0 Å². The van der Waals surface area contributed by atoms with E-state index in [1.807, 2.05) is 60.5 Å². The maximum atomic E-state index is 12.1. The molecule has 2 rings (SSSR count). The highest BCUT2D eigenvalue weighted by Crippen LogP contribution is 2.13. The van der Waals surface area contributed by atoms with E-state index < -0.39 is 0 Å². The second-order valence-corrected chi connectivity index (χ2v) is 7.49. The van der Waals surface area contributed by atoms with Gasteiger partial charge in [0.15, 0.2) is 11.6 Å². The standard InChI is InChI=1S/C19H19Br2NO2/c1-22(12-10-18(23)14-2-6-16(20)7-3-14)13-11-19(24)15-4-8-17(21)9-5-15/h2-9H,10-13H2,1H3. The van der Waals surface area contributed by atoms with Crippen molar-refractivity contribution >= 4 is 43.4 Å². The highest BCUT2D eigenvalue weighted by Gasteiger charge is 2.10. The van der Waals surface area contributed by atoms with Crippen LogP contribution in [0.1, 0.15) is 33.6 Å². The van der Waals surface area contributed by atoms with Gasteiger partial charge in [-0.3, -0.25) is 9.59 Å². The molecule has 0 N–H and O–H groups in total. The molecule has 5 heteroatoms. The van der Waals surface area contributed by atoms with Crippen LogP contribution >= 0.6 is 31.9 Å². The molecule has 3 nitrogen and oxygen atoms in total. The van der Waals surface area contributed by atoms with Gasteiger partial charge in [-0.2, -0.15) is 0 Å². The summed E-state index contributed by atoms with van der Waals surface area (Å²) in [6.45, 7) is 1.28. The Morgan fingerprint density at radius 3 is 1.42 bits per heavy atom. The summed E-state index contributed by atoms with van der Waals surface area (Å²) in [6.07, 6.45) is 0.898. The largest absolute Gasteiger partial charge is 0.305 e. The van der Waals surface area contributed by atoms with Crippen molar-refractivity contribution in [3.8, 4) is 0 Å². The molecule has 0 atom stereocenters. The third kappa shape index (κ3) is 5.96. The molecule has 24 heavy (non-hydrogen) atoms. The number of carbonyl (C=O) groups excluding carboxylic acids is 2. The minimum Gasteiger partial charge on any atom is -0.305 e. The molecule has 126 valence electrons. The third-order valence-electron chi connectivity index (χ3n) is 3.77. The fraction of sp³-hybridized carbons (Fsp3) is 0.263. The molecule has 0 aliphatic heterocycles. The topological polar surface area (TPSA) is 37.4 Å². The van der Waals surface area contributed by atoms with Crippen molar-refractivity contribution in [2.45, 2.75) is 12.8 Å². The Morgan fingerprint density at radius 1 is 0.750 bits per heavy atom. The first-order valence-corrected chi connectivity index (χ1v) is 9.30. The Bertz CT molecular complexity index is 635. The Morgan fingerprint density at radius 2 is 1.08 bits per heavy atom. The van der Waals surface area contributed by atoms with Crippen molar-refractivity contribution in [1.29, 1.82) is 0 Å². The maximum absolute atomic E-state index is 12.1. The van der Waals surface area contributed by atoms with Gasteiger partial charge in [-0.15, -0.1) is 0 Å². The average Bonchev–Trinajstić information content (AvgIpc) is 2.58. The van der Waals surface area contributed by atoms with Gasteiger partial charge in [0.05, 0.1) is 0 Å². The van der Waals surface area contributed by atoms with E-state index in [1.165, 1.54) is 0 Å². The smallest absolute Gasteiger partial charge is 0.164 e. The van der Waals surface area contributed by atoms with Crippen LogP contribution in [0.4, 0.5) is 0 Å². The Kier molecular flexibility index (Phi) is 7.34. The minimum absolute atomic E-state index is 0.119. The van der Waals surface area contributed by atoms with Crippen LogP contribution in [-0.4, -0.2) is 36.6 Å². The number of benzene rings is 2. The van der Waals surface area contributed by atoms with Gasteiger partial charge in [0.25, 0.3) is 0 Å². The first kappa shape index (κ1) is 19.0. The van der Waals surface area contributed by atoms with Gasteiger partial charge in [0, 0.05) is 46.0 Å². The third-order valence-corrected chi connectivity index (χ3v) is 4.83. The summed E-state index contributed by atoms with van der Waals surface area (Å²) in [5, 5.41) is 0. The minimum atomic E-state index is 0.119. The number of hydrogen-bond donors (Lipinski definition) is 0. The quantitative estimate of drug-likeness (QED) is 0.529. The van der Waals surface area contributed by atoms with Crippen molar-refractivity contribution < 1.29 is 9.59 Å². The molecule has 0 unspecified atom stereocenters. The zero-order chi connectivity index (χ0) is 17.5. The summed E-state index contributed by atoms with van der Waals surface area (Å²) in [5.74, 6) is 0.238. The molecule has 0 aromatic heterocycles. The van der Waals surface area contributed by atoms with Gasteiger partial charge in [-0.25, -0.2) is 0 Å². The molecule has 0 fully saturated rings. The lowest BCUT2D eigenvalue weighted by atomic mass is 10.1. The van der Waals surface area contributed by atoms with Gasteiger partial charge in [0.1, 0.15) is 0 Å². The molecule has 0 aliphatic rings. The lowest BCUT2D eigenvalue weighted by molar-refractivity contribution is 0.0956. The fourth-order valence-electron chi connectivity index (χ4n) is 2.26. The Hall–Kier alpha value is -1.30. The summed E-state index contributed by atoms with van der Waals surface area (Å²) in [6, 6.07) is 14.8. The van der Waals surface area contributed by atoms with E-state index in [9.17, 15) is 9.59 Å². The van der Waals surface area contributed by atoms with Gasteiger partial charge >= 0.3 is 0 Å². The van der Waals surface area contributed by atoms with E-state index in [1.54, 1.807) is 0 Å². The van der Waals surface area contributed by atoms with Gasteiger partial charge < -0.3 is 4.90 Å². The molecule has 2 aromatic rings. The van der Waals surface area contributed by atoms with Crippen molar-refractivity contribution in [3.05, 3.63) is 68.6 Å². The summed E-state index contributed by atoms with van der Waals surface area (Å²) < 4.78 is 1.92. The van der Waals surface area contributed by atoms with E-state index in [0.717, 1.165) is 20.1 Å². The lowest BCUT2D eigenvalue weighted by Gasteiger charge is -2.15. The van der Waals surface area contributed by atoms with E-state index in [4.69, 9.17) is 0 Å². The van der Waals surface area contributed by atoms with Crippen LogP contribution in [0.2, 0.25) is 0 Å². The van der Waals surface area contributed by atoms with Crippen molar-refractivity contribution in [1.82, 2.24) is 4.90 Å². The number of hydrogen-bond acceptors (Lipinski definition) is 3. The first-order valence-electron chi connectivity index (χ1n) is 7.72. The summed E-state index contributed by atoms with van der Waals surface area (Å²) >= 11 is 6.72. The molecule has 0 aliphatic carbocycles. The molecule has 0 radical (unpaired) electrons. The van der Waals surface area contributed by atoms with Crippen molar-refractivity contribution in [2.75, 3.05) is 20.1 Å². The predicted octanol–water partition coefficient (Wildman–Crippen LogP) is 4.99. The second-order valence-electron chi connectivity index (χ2n) is 5.66. The molecular weight excluding hydrogens is 434 g/mol. The number of nitrogens with zero attached hydrogens (tertiary/aromatic N) is 1. The monoisotopic (exact) mass is 451 g/mol.